The van der Waals surface area contributed by atoms with E-state index in [0.29, 0.717) is 6.54 Å². The number of carbonyl (C=O) groups is 1. The molecule has 5 nitrogen and oxygen atoms in total. The van der Waals surface area contributed by atoms with Crippen molar-refractivity contribution in [2.45, 2.75) is 27.3 Å². The van der Waals surface area contributed by atoms with Gasteiger partial charge in [0.15, 0.2) is 0 Å². The quantitative estimate of drug-likeness (QED) is 0.621. The second kappa shape index (κ2) is 9.73. The van der Waals surface area contributed by atoms with Gasteiger partial charge in [-0.15, -0.1) is 11.3 Å². The Labute approximate surface area is 188 Å². The fourth-order valence-corrected chi connectivity index (χ4v) is 4.64. The van der Waals surface area contributed by atoms with Crippen LogP contribution in [0.25, 0.3) is 10.6 Å². The summed E-state index contributed by atoms with van der Waals surface area (Å²) >= 11 is 1.71. The monoisotopic (exact) mass is 434 g/mol. The first kappa shape index (κ1) is 21.7. The minimum atomic E-state index is 0.0596. The number of hydrogen-bond donors (Lipinski definition) is 1. The lowest BCUT2D eigenvalue weighted by Gasteiger charge is -2.33. The summed E-state index contributed by atoms with van der Waals surface area (Å²) in [5.41, 5.74) is 6.81. The van der Waals surface area contributed by atoms with Crippen molar-refractivity contribution in [1.29, 1.82) is 0 Å². The van der Waals surface area contributed by atoms with Gasteiger partial charge in [-0.3, -0.25) is 14.6 Å². The van der Waals surface area contributed by atoms with Gasteiger partial charge < -0.3 is 5.32 Å². The summed E-state index contributed by atoms with van der Waals surface area (Å²) in [4.78, 5) is 22.0. The highest BCUT2D eigenvalue weighted by atomic mass is 32.1. The lowest BCUT2D eigenvalue weighted by Crippen LogP contribution is -2.48. The van der Waals surface area contributed by atoms with Crippen LogP contribution in [0.1, 0.15) is 22.4 Å². The van der Waals surface area contributed by atoms with Gasteiger partial charge in [0.1, 0.15) is 5.01 Å². The fourth-order valence-electron chi connectivity index (χ4n) is 3.82. The van der Waals surface area contributed by atoms with E-state index in [2.05, 4.69) is 64.7 Å². The summed E-state index contributed by atoms with van der Waals surface area (Å²) in [5, 5.41) is 6.31. The van der Waals surface area contributed by atoms with Crippen LogP contribution in [0.5, 0.6) is 0 Å². The number of rotatable bonds is 6. The maximum atomic E-state index is 12.5. The normalized spacial score (nSPS) is 15.2. The van der Waals surface area contributed by atoms with Gasteiger partial charge in [0.25, 0.3) is 0 Å². The summed E-state index contributed by atoms with van der Waals surface area (Å²) in [5.74, 6) is 0.0596. The number of aryl methyl sites for hydroxylation is 2. The Morgan fingerprint density at radius 1 is 1.00 bits per heavy atom. The highest BCUT2D eigenvalue weighted by molar-refractivity contribution is 7.13. The van der Waals surface area contributed by atoms with E-state index in [1.54, 1.807) is 11.3 Å². The van der Waals surface area contributed by atoms with E-state index >= 15 is 0 Å². The number of hydrogen-bond acceptors (Lipinski definition) is 5. The number of aromatic nitrogens is 1. The van der Waals surface area contributed by atoms with Crippen molar-refractivity contribution < 1.29 is 4.79 Å². The molecule has 1 saturated heterocycles. The number of anilines is 1. The number of piperazine rings is 1. The molecule has 1 fully saturated rings. The molecule has 31 heavy (non-hydrogen) atoms. The predicted molar refractivity (Wildman–Crippen MR) is 129 cm³/mol. The number of nitrogens with one attached hydrogen (secondary N) is 1. The van der Waals surface area contributed by atoms with Crippen molar-refractivity contribution in [3.63, 3.8) is 0 Å². The zero-order valence-electron chi connectivity index (χ0n) is 18.5. The van der Waals surface area contributed by atoms with E-state index in [1.165, 1.54) is 16.7 Å². The molecule has 0 atom stereocenters. The van der Waals surface area contributed by atoms with Gasteiger partial charge in [-0.1, -0.05) is 42.0 Å². The SMILES string of the molecule is Cc1ccc(-c2nc(CN3CCN(CC(=O)Nc4cccc(C)c4C)CC3)cs2)cc1. The molecule has 1 amide bonds. The molecule has 1 aliphatic heterocycles. The summed E-state index contributed by atoms with van der Waals surface area (Å²) in [6.07, 6.45) is 0. The van der Waals surface area contributed by atoms with Crippen LogP contribution < -0.4 is 5.32 Å². The topological polar surface area (TPSA) is 48.5 Å². The molecule has 3 aromatic rings. The van der Waals surface area contributed by atoms with Crippen molar-refractivity contribution >= 4 is 22.9 Å². The molecule has 2 aromatic carbocycles. The predicted octanol–water partition coefficient (Wildman–Crippen LogP) is 4.49. The lowest BCUT2D eigenvalue weighted by molar-refractivity contribution is -0.117. The summed E-state index contributed by atoms with van der Waals surface area (Å²) in [6, 6.07) is 14.6. The fraction of sp³-hybridized carbons (Fsp3) is 0.360. The Kier molecular flexibility index (Phi) is 6.80. The van der Waals surface area contributed by atoms with Crippen LogP contribution in [0.2, 0.25) is 0 Å². The van der Waals surface area contributed by atoms with E-state index in [4.69, 9.17) is 4.98 Å². The van der Waals surface area contributed by atoms with E-state index in [9.17, 15) is 4.79 Å². The number of amides is 1. The summed E-state index contributed by atoms with van der Waals surface area (Å²) in [6.45, 7) is 11.2. The third kappa shape index (κ3) is 5.58. The van der Waals surface area contributed by atoms with E-state index in [1.807, 2.05) is 19.1 Å². The molecule has 0 bridgehead atoms. The van der Waals surface area contributed by atoms with E-state index < -0.39 is 0 Å². The first-order valence-corrected chi connectivity index (χ1v) is 11.7. The number of carbonyl (C=O) groups excluding carboxylic acids is 1. The van der Waals surface area contributed by atoms with Gasteiger partial charge >= 0.3 is 0 Å². The zero-order chi connectivity index (χ0) is 21.8. The zero-order valence-corrected chi connectivity index (χ0v) is 19.3. The van der Waals surface area contributed by atoms with Crippen molar-refractivity contribution in [3.05, 3.63) is 70.2 Å². The average molecular weight is 435 g/mol. The van der Waals surface area contributed by atoms with Gasteiger partial charge in [-0.2, -0.15) is 0 Å². The molecule has 0 saturated carbocycles. The molecule has 0 aliphatic carbocycles. The van der Waals surface area contributed by atoms with Gasteiger partial charge in [0, 0.05) is 49.4 Å². The summed E-state index contributed by atoms with van der Waals surface area (Å²) < 4.78 is 0. The second-order valence-electron chi connectivity index (χ2n) is 8.36. The number of nitrogens with zero attached hydrogens (tertiary/aromatic N) is 3. The highest BCUT2D eigenvalue weighted by Crippen LogP contribution is 2.25. The third-order valence-corrected chi connectivity index (χ3v) is 6.89. The average Bonchev–Trinajstić information content (AvgIpc) is 3.22. The molecule has 162 valence electrons. The van der Waals surface area contributed by atoms with Crippen LogP contribution in [0.4, 0.5) is 5.69 Å². The molecule has 0 spiro atoms. The minimum absolute atomic E-state index is 0.0596. The smallest absolute Gasteiger partial charge is 0.238 e. The molecule has 1 N–H and O–H groups in total. The van der Waals surface area contributed by atoms with Crippen LogP contribution in [0.3, 0.4) is 0 Å². The molecule has 0 radical (unpaired) electrons. The Balaban J connectivity index is 1.25. The molecular weight excluding hydrogens is 404 g/mol. The van der Waals surface area contributed by atoms with Crippen LogP contribution in [0, 0.1) is 20.8 Å². The maximum Gasteiger partial charge on any atom is 0.238 e. The first-order chi connectivity index (χ1) is 15.0. The van der Waals surface area contributed by atoms with Gasteiger partial charge in [0.2, 0.25) is 5.91 Å². The molecule has 2 heterocycles. The second-order valence-corrected chi connectivity index (χ2v) is 9.22. The van der Waals surface area contributed by atoms with Crippen molar-refractivity contribution in [3.8, 4) is 10.6 Å². The Morgan fingerprint density at radius 3 is 2.45 bits per heavy atom. The van der Waals surface area contributed by atoms with Gasteiger partial charge in [-0.05, 0) is 38.0 Å². The molecule has 0 unspecified atom stereocenters. The third-order valence-electron chi connectivity index (χ3n) is 5.95. The van der Waals surface area contributed by atoms with Crippen LogP contribution >= 0.6 is 11.3 Å². The van der Waals surface area contributed by atoms with Crippen LogP contribution in [0.15, 0.2) is 47.8 Å². The lowest BCUT2D eigenvalue weighted by atomic mass is 10.1. The first-order valence-electron chi connectivity index (χ1n) is 10.8. The minimum Gasteiger partial charge on any atom is -0.325 e. The van der Waals surface area contributed by atoms with Crippen molar-refractivity contribution in [2.24, 2.45) is 0 Å². The van der Waals surface area contributed by atoms with Crippen molar-refractivity contribution in [1.82, 2.24) is 14.8 Å². The molecule has 1 aliphatic rings. The van der Waals surface area contributed by atoms with E-state index in [0.717, 1.165) is 54.7 Å². The largest absolute Gasteiger partial charge is 0.325 e. The summed E-state index contributed by atoms with van der Waals surface area (Å²) in [7, 11) is 0. The van der Waals surface area contributed by atoms with Crippen LogP contribution in [-0.4, -0.2) is 53.4 Å². The Bertz CT molecular complexity index is 1040. The number of benzene rings is 2. The molecule has 1 aromatic heterocycles. The van der Waals surface area contributed by atoms with Gasteiger partial charge in [-0.25, -0.2) is 4.98 Å². The van der Waals surface area contributed by atoms with E-state index in [-0.39, 0.29) is 5.91 Å². The Morgan fingerprint density at radius 2 is 1.71 bits per heavy atom. The van der Waals surface area contributed by atoms with Gasteiger partial charge in [0.05, 0.1) is 12.2 Å². The number of thiazole rings is 1. The van der Waals surface area contributed by atoms with Crippen LogP contribution in [-0.2, 0) is 11.3 Å². The molecule has 4 rings (SSSR count). The maximum absolute atomic E-state index is 12.5. The molecule has 6 heteroatoms. The molecular formula is C25H30N4OS. The standard InChI is InChI=1S/C25H30N4OS/c1-18-7-9-21(10-8-18)25-26-22(17-31-25)15-28-11-13-29(14-12-28)16-24(30)27-23-6-4-5-19(2)20(23)3/h4-10,17H,11-16H2,1-3H3,(H,27,30). The Hall–Kier alpha value is -2.54. The van der Waals surface area contributed by atoms with Crippen molar-refractivity contribution in [2.75, 3.05) is 38.0 Å². The highest BCUT2D eigenvalue weighted by Gasteiger charge is 2.20.